The zero-order valence-corrected chi connectivity index (χ0v) is 18.5. The summed E-state index contributed by atoms with van der Waals surface area (Å²) in [5, 5.41) is 16.2. The number of hydrogen-bond donors (Lipinski definition) is 1. The van der Waals surface area contributed by atoms with Crippen LogP contribution >= 0.6 is 11.3 Å². The van der Waals surface area contributed by atoms with Gasteiger partial charge in [0, 0.05) is 22.1 Å². The van der Waals surface area contributed by atoms with E-state index in [0.29, 0.717) is 5.13 Å². The molecule has 162 valence electrons. The molecule has 6 nitrogen and oxygen atoms in total. The highest BCUT2D eigenvalue weighted by atomic mass is 32.1. The van der Waals surface area contributed by atoms with Crippen molar-refractivity contribution in [3.05, 3.63) is 102 Å². The van der Waals surface area contributed by atoms with Crippen molar-refractivity contribution in [1.29, 1.82) is 0 Å². The number of nitrogens with zero attached hydrogens (tertiary/aromatic N) is 3. The Morgan fingerprint density at radius 1 is 0.879 bits per heavy atom. The topological polar surface area (TPSA) is 77.2 Å². The van der Waals surface area contributed by atoms with Crippen LogP contribution in [0.15, 0.2) is 90.3 Å². The number of ether oxygens (including phenoxy) is 1. The minimum absolute atomic E-state index is 0.00183. The summed E-state index contributed by atoms with van der Waals surface area (Å²) < 4.78 is 7.64. The first-order valence-corrected chi connectivity index (χ1v) is 11.2. The van der Waals surface area contributed by atoms with Crippen LogP contribution in [0.4, 0.5) is 0 Å². The van der Waals surface area contributed by atoms with E-state index < -0.39 is 5.97 Å². The van der Waals surface area contributed by atoms with Crippen LogP contribution in [-0.4, -0.2) is 25.8 Å². The highest BCUT2D eigenvalue weighted by Gasteiger charge is 2.21. The van der Waals surface area contributed by atoms with E-state index >= 15 is 0 Å². The molecule has 7 heteroatoms. The number of carbonyl (C=O) groups is 1. The lowest BCUT2D eigenvalue weighted by Crippen LogP contribution is -2.02. The second-order valence-corrected chi connectivity index (χ2v) is 8.20. The number of rotatable bonds is 6. The van der Waals surface area contributed by atoms with Gasteiger partial charge in [0.2, 0.25) is 5.13 Å². The molecule has 33 heavy (non-hydrogen) atoms. The summed E-state index contributed by atoms with van der Waals surface area (Å²) in [6.45, 7) is 2.02. The Morgan fingerprint density at radius 3 is 2.15 bits per heavy atom. The largest absolute Gasteiger partial charge is 0.476 e. The molecule has 0 aliphatic carbocycles. The van der Waals surface area contributed by atoms with E-state index in [1.54, 1.807) is 4.68 Å². The fraction of sp³-hybridized carbons (Fsp3) is 0.0385. The van der Waals surface area contributed by atoms with Crippen LogP contribution in [0.2, 0.25) is 0 Å². The van der Waals surface area contributed by atoms with Crippen LogP contribution in [-0.2, 0) is 0 Å². The number of aromatic carboxylic acids is 1. The van der Waals surface area contributed by atoms with Gasteiger partial charge in [0.05, 0.1) is 11.4 Å². The van der Waals surface area contributed by atoms with Gasteiger partial charge in [0.15, 0.2) is 5.69 Å². The average molecular weight is 454 g/mol. The Labute approximate surface area is 194 Å². The molecule has 0 unspecified atom stereocenters. The molecular weight excluding hydrogens is 434 g/mol. The molecule has 0 radical (unpaired) electrons. The van der Waals surface area contributed by atoms with Crippen molar-refractivity contribution in [2.75, 3.05) is 0 Å². The van der Waals surface area contributed by atoms with E-state index in [1.165, 1.54) is 16.7 Å². The molecule has 0 bridgehead atoms. The Bertz CT molecular complexity index is 1410. The van der Waals surface area contributed by atoms with Crippen molar-refractivity contribution < 1.29 is 14.6 Å². The highest BCUT2D eigenvalue weighted by molar-refractivity contribution is 7.12. The summed E-state index contributed by atoms with van der Waals surface area (Å²) in [5.74, 6) is 0.426. The van der Waals surface area contributed by atoms with Crippen molar-refractivity contribution in [2.45, 2.75) is 6.92 Å². The van der Waals surface area contributed by atoms with Gasteiger partial charge >= 0.3 is 5.97 Å². The SMILES string of the molecule is Cc1c(-c2ccccc2)nn(-c2nc(C(=O)O)cs2)c1-c1ccc(Oc2ccccc2)cc1. The predicted molar refractivity (Wildman–Crippen MR) is 128 cm³/mol. The maximum atomic E-state index is 11.4. The molecule has 0 saturated carbocycles. The molecule has 5 rings (SSSR count). The molecule has 2 aromatic heterocycles. The van der Waals surface area contributed by atoms with Crippen molar-refractivity contribution >= 4 is 17.3 Å². The van der Waals surface area contributed by atoms with Crippen molar-refractivity contribution in [2.24, 2.45) is 0 Å². The van der Waals surface area contributed by atoms with Gasteiger partial charge in [-0.3, -0.25) is 0 Å². The fourth-order valence-electron chi connectivity index (χ4n) is 3.61. The summed E-state index contributed by atoms with van der Waals surface area (Å²) in [7, 11) is 0. The first kappa shape index (κ1) is 20.7. The molecule has 0 spiro atoms. The van der Waals surface area contributed by atoms with Gasteiger partial charge in [-0.05, 0) is 43.3 Å². The van der Waals surface area contributed by atoms with Crippen LogP contribution in [0.1, 0.15) is 16.1 Å². The molecule has 0 saturated heterocycles. The summed E-state index contributed by atoms with van der Waals surface area (Å²) in [5.41, 5.74) is 4.56. The van der Waals surface area contributed by atoms with Crippen molar-refractivity contribution in [3.8, 4) is 39.1 Å². The number of hydrogen-bond acceptors (Lipinski definition) is 5. The second-order valence-electron chi connectivity index (χ2n) is 7.36. The van der Waals surface area contributed by atoms with E-state index in [0.717, 1.165) is 39.6 Å². The molecule has 0 amide bonds. The minimum atomic E-state index is -1.06. The zero-order chi connectivity index (χ0) is 22.8. The fourth-order valence-corrected chi connectivity index (χ4v) is 4.36. The van der Waals surface area contributed by atoms with Crippen molar-refractivity contribution in [1.82, 2.24) is 14.8 Å². The van der Waals surface area contributed by atoms with E-state index in [-0.39, 0.29) is 5.69 Å². The monoisotopic (exact) mass is 453 g/mol. The second kappa shape index (κ2) is 8.72. The van der Waals surface area contributed by atoms with Gasteiger partial charge in [0.25, 0.3) is 0 Å². The third-order valence-corrected chi connectivity index (χ3v) is 5.98. The molecular formula is C26H19N3O3S. The van der Waals surface area contributed by atoms with Crippen LogP contribution in [0.5, 0.6) is 11.5 Å². The molecule has 0 fully saturated rings. The number of benzene rings is 3. The Kier molecular flexibility index (Phi) is 5.46. The summed E-state index contributed by atoms with van der Waals surface area (Å²) >= 11 is 1.25. The van der Waals surface area contributed by atoms with Gasteiger partial charge in [-0.15, -0.1) is 11.3 Å². The first-order chi connectivity index (χ1) is 16.1. The van der Waals surface area contributed by atoms with E-state index in [9.17, 15) is 9.90 Å². The first-order valence-electron chi connectivity index (χ1n) is 10.3. The number of aromatic nitrogens is 3. The average Bonchev–Trinajstić information content (AvgIpc) is 3.46. The van der Waals surface area contributed by atoms with Gasteiger partial charge in [-0.25, -0.2) is 14.5 Å². The Hall–Kier alpha value is -4.23. The molecule has 5 aromatic rings. The summed E-state index contributed by atoms with van der Waals surface area (Å²) in [6.07, 6.45) is 0. The van der Waals surface area contributed by atoms with Gasteiger partial charge in [0.1, 0.15) is 11.5 Å². The van der Waals surface area contributed by atoms with E-state index in [4.69, 9.17) is 9.84 Å². The predicted octanol–water partition coefficient (Wildman–Crippen LogP) is 6.46. The number of carboxylic acid groups (broad SMARTS) is 1. The summed E-state index contributed by atoms with van der Waals surface area (Å²) in [6, 6.07) is 27.3. The smallest absolute Gasteiger partial charge is 0.355 e. The van der Waals surface area contributed by atoms with Crippen molar-refractivity contribution in [3.63, 3.8) is 0 Å². The van der Waals surface area contributed by atoms with Crippen LogP contribution in [0, 0.1) is 6.92 Å². The lowest BCUT2D eigenvalue weighted by molar-refractivity contribution is 0.0691. The standard InChI is InChI=1S/C26H19N3O3S/c1-17-23(18-8-4-2-5-9-18)28-29(26-27-22(16-33-26)25(30)31)24(17)19-12-14-21(15-13-19)32-20-10-6-3-7-11-20/h2-16H,1H3,(H,30,31). The highest BCUT2D eigenvalue weighted by Crippen LogP contribution is 2.35. The zero-order valence-electron chi connectivity index (χ0n) is 17.7. The van der Waals surface area contributed by atoms with Crippen LogP contribution < -0.4 is 4.74 Å². The minimum Gasteiger partial charge on any atom is -0.476 e. The third-order valence-electron chi connectivity index (χ3n) is 5.17. The lowest BCUT2D eigenvalue weighted by Gasteiger charge is -2.09. The van der Waals surface area contributed by atoms with Crippen LogP contribution in [0.3, 0.4) is 0 Å². The third kappa shape index (κ3) is 4.14. The maximum absolute atomic E-state index is 11.4. The van der Waals surface area contributed by atoms with Gasteiger partial charge in [-0.1, -0.05) is 48.5 Å². The quantitative estimate of drug-likeness (QED) is 0.319. The number of carboxylic acids is 1. The molecule has 3 aromatic carbocycles. The Balaban J connectivity index is 1.59. The summed E-state index contributed by atoms with van der Waals surface area (Å²) in [4.78, 5) is 15.7. The van der Waals surface area contributed by atoms with Gasteiger partial charge in [-0.2, -0.15) is 5.10 Å². The van der Waals surface area contributed by atoms with E-state index in [1.807, 2.05) is 91.9 Å². The molecule has 0 aliphatic rings. The lowest BCUT2D eigenvalue weighted by atomic mass is 10.0. The van der Waals surface area contributed by atoms with Gasteiger partial charge < -0.3 is 9.84 Å². The molecule has 1 N–H and O–H groups in total. The normalized spacial score (nSPS) is 10.8. The molecule has 2 heterocycles. The maximum Gasteiger partial charge on any atom is 0.355 e. The molecule has 0 aliphatic heterocycles. The Morgan fingerprint density at radius 2 is 1.52 bits per heavy atom. The number of para-hydroxylation sites is 1. The van der Waals surface area contributed by atoms with E-state index in [2.05, 4.69) is 4.98 Å². The van der Waals surface area contributed by atoms with Crippen LogP contribution in [0.25, 0.3) is 27.6 Å². The number of thiazole rings is 1. The molecule has 0 atom stereocenters.